The SMILES string of the molecule is CCCCCCCCCC[C@H](C(=O)[O-])[C@@](O)(CCC(=O)[O-])C(=O)[O-]. The number of carbonyl (C=O) groups is 3. The number of hydrogen-bond donors (Lipinski definition) is 1. The molecule has 0 saturated carbocycles. The van der Waals surface area contributed by atoms with Crippen LogP contribution in [0.15, 0.2) is 0 Å². The molecule has 0 fully saturated rings. The molecule has 0 aromatic rings. The van der Waals surface area contributed by atoms with Crippen LogP contribution in [0.25, 0.3) is 0 Å². The summed E-state index contributed by atoms with van der Waals surface area (Å²) in [5, 5.41) is 42.9. The molecule has 0 aliphatic rings. The summed E-state index contributed by atoms with van der Waals surface area (Å²) in [5.74, 6) is -7.00. The van der Waals surface area contributed by atoms with Crippen molar-refractivity contribution in [3.8, 4) is 0 Å². The summed E-state index contributed by atoms with van der Waals surface area (Å²) in [6.45, 7) is 2.12. The van der Waals surface area contributed by atoms with Crippen LogP contribution in [-0.4, -0.2) is 28.6 Å². The standard InChI is InChI=1S/C17H30O7/c1-2-3-4-5-6-7-8-9-10-13(15(20)21)17(24,16(22)23)12-11-14(18)19/h13,24H,2-12H2,1H3,(H,18,19)(H,20,21)(H,22,23)/p-3/t13-,17+/m1/s1. The number of carboxylic acids is 3. The van der Waals surface area contributed by atoms with Gasteiger partial charge in [0.15, 0.2) is 0 Å². The first-order valence-electron chi connectivity index (χ1n) is 8.60. The first-order valence-corrected chi connectivity index (χ1v) is 8.60. The van der Waals surface area contributed by atoms with E-state index < -0.39 is 42.3 Å². The molecular formula is C17H27O7-3. The van der Waals surface area contributed by atoms with E-state index in [9.17, 15) is 34.8 Å². The molecule has 0 spiro atoms. The summed E-state index contributed by atoms with van der Waals surface area (Å²) in [7, 11) is 0. The first kappa shape index (κ1) is 22.4. The fraction of sp³-hybridized carbons (Fsp3) is 0.824. The highest BCUT2D eigenvalue weighted by Crippen LogP contribution is 2.28. The van der Waals surface area contributed by atoms with Gasteiger partial charge in [0, 0.05) is 17.9 Å². The van der Waals surface area contributed by atoms with Gasteiger partial charge >= 0.3 is 0 Å². The van der Waals surface area contributed by atoms with Crippen LogP contribution in [-0.2, 0) is 14.4 Å². The highest BCUT2D eigenvalue weighted by atomic mass is 16.4. The lowest BCUT2D eigenvalue weighted by molar-refractivity contribution is -0.342. The number of carboxylic acid groups (broad SMARTS) is 3. The zero-order chi connectivity index (χ0) is 18.6. The van der Waals surface area contributed by atoms with E-state index in [-0.39, 0.29) is 6.42 Å². The zero-order valence-corrected chi connectivity index (χ0v) is 14.3. The molecule has 0 aromatic carbocycles. The monoisotopic (exact) mass is 343 g/mol. The van der Waals surface area contributed by atoms with E-state index in [0.717, 1.165) is 32.1 Å². The van der Waals surface area contributed by atoms with Crippen LogP contribution in [0.2, 0.25) is 0 Å². The Bertz CT molecular complexity index is 408. The maximum atomic E-state index is 11.2. The van der Waals surface area contributed by atoms with Crippen LogP contribution >= 0.6 is 0 Å². The second-order valence-corrected chi connectivity index (χ2v) is 6.22. The van der Waals surface area contributed by atoms with Gasteiger partial charge in [-0.15, -0.1) is 0 Å². The van der Waals surface area contributed by atoms with Gasteiger partial charge in [-0.25, -0.2) is 0 Å². The topological polar surface area (TPSA) is 141 Å². The Balaban J connectivity index is 4.46. The van der Waals surface area contributed by atoms with E-state index in [0.29, 0.717) is 12.8 Å². The maximum absolute atomic E-state index is 11.2. The molecule has 7 heteroatoms. The lowest BCUT2D eigenvalue weighted by Gasteiger charge is -2.38. The highest BCUT2D eigenvalue weighted by Gasteiger charge is 2.38. The van der Waals surface area contributed by atoms with Gasteiger partial charge in [0.05, 0.1) is 5.97 Å². The Labute approximate surface area is 142 Å². The van der Waals surface area contributed by atoms with Gasteiger partial charge in [-0.2, -0.15) is 0 Å². The number of unbranched alkanes of at least 4 members (excludes halogenated alkanes) is 7. The number of aliphatic carboxylic acids is 3. The molecule has 0 aliphatic heterocycles. The summed E-state index contributed by atoms with van der Waals surface area (Å²) >= 11 is 0. The van der Waals surface area contributed by atoms with Crippen molar-refractivity contribution in [3.63, 3.8) is 0 Å². The second kappa shape index (κ2) is 11.8. The van der Waals surface area contributed by atoms with Crippen molar-refractivity contribution in [3.05, 3.63) is 0 Å². The molecule has 0 aromatic heterocycles. The van der Waals surface area contributed by atoms with Crippen molar-refractivity contribution < 1.29 is 34.8 Å². The second-order valence-electron chi connectivity index (χ2n) is 6.22. The molecule has 0 radical (unpaired) electrons. The lowest BCUT2D eigenvalue weighted by Crippen LogP contribution is -2.58. The lowest BCUT2D eigenvalue weighted by atomic mass is 9.80. The van der Waals surface area contributed by atoms with Crippen molar-refractivity contribution in [2.24, 2.45) is 5.92 Å². The van der Waals surface area contributed by atoms with Crippen molar-refractivity contribution in [2.45, 2.75) is 83.2 Å². The van der Waals surface area contributed by atoms with Gasteiger partial charge in [-0.1, -0.05) is 58.3 Å². The highest BCUT2D eigenvalue weighted by molar-refractivity contribution is 5.84. The predicted octanol–water partition coefficient (Wildman–Crippen LogP) is -1.11. The minimum atomic E-state index is -2.76. The summed E-state index contributed by atoms with van der Waals surface area (Å²) in [6.07, 6.45) is 5.97. The summed E-state index contributed by atoms with van der Waals surface area (Å²) in [4.78, 5) is 32.8. The smallest absolute Gasteiger partial charge is 0.112 e. The van der Waals surface area contributed by atoms with Gasteiger partial charge in [-0.05, 0) is 19.3 Å². The van der Waals surface area contributed by atoms with Crippen molar-refractivity contribution in [1.29, 1.82) is 0 Å². The Kier molecular flexibility index (Phi) is 11.0. The largest absolute Gasteiger partial charge is 0.550 e. The number of rotatable bonds is 15. The molecule has 24 heavy (non-hydrogen) atoms. The molecule has 0 heterocycles. The van der Waals surface area contributed by atoms with Gasteiger partial charge in [0.1, 0.15) is 5.60 Å². The fourth-order valence-corrected chi connectivity index (χ4v) is 2.75. The van der Waals surface area contributed by atoms with E-state index in [1.807, 2.05) is 0 Å². The third kappa shape index (κ3) is 8.29. The number of hydrogen-bond acceptors (Lipinski definition) is 7. The average molecular weight is 343 g/mol. The van der Waals surface area contributed by atoms with Crippen LogP contribution in [0.4, 0.5) is 0 Å². The van der Waals surface area contributed by atoms with Crippen molar-refractivity contribution in [2.75, 3.05) is 0 Å². The van der Waals surface area contributed by atoms with Crippen LogP contribution in [0.1, 0.15) is 77.6 Å². The Morgan fingerprint density at radius 2 is 1.42 bits per heavy atom. The third-order valence-electron chi connectivity index (χ3n) is 4.27. The quantitative estimate of drug-likeness (QED) is 0.372. The maximum Gasteiger partial charge on any atom is 0.112 e. The van der Waals surface area contributed by atoms with Crippen LogP contribution in [0, 0.1) is 5.92 Å². The molecular weight excluding hydrogens is 316 g/mol. The zero-order valence-electron chi connectivity index (χ0n) is 14.3. The molecule has 7 nitrogen and oxygen atoms in total. The first-order chi connectivity index (χ1) is 11.3. The predicted molar refractivity (Wildman–Crippen MR) is 79.9 cm³/mol. The third-order valence-corrected chi connectivity index (χ3v) is 4.27. The van der Waals surface area contributed by atoms with Gasteiger partial charge in [0.2, 0.25) is 0 Å². The molecule has 140 valence electrons. The Morgan fingerprint density at radius 3 is 1.83 bits per heavy atom. The Morgan fingerprint density at radius 1 is 0.917 bits per heavy atom. The molecule has 0 aliphatic carbocycles. The molecule has 2 atom stereocenters. The van der Waals surface area contributed by atoms with E-state index in [1.54, 1.807) is 0 Å². The van der Waals surface area contributed by atoms with Gasteiger partial charge in [-0.3, -0.25) is 0 Å². The molecule has 0 rings (SSSR count). The molecule has 0 bridgehead atoms. The minimum Gasteiger partial charge on any atom is -0.550 e. The molecule has 0 amide bonds. The van der Waals surface area contributed by atoms with Gasteiger partial charge in [0.25, 0.3) is 0 Å². The number of aliphatic hydroxyl groups is 1. The van der Waals surface area contributed by atoms with Crippen molar-refractivity contribution >= 4 is 17.9 Å². The Hall–Kier alpha value is -1.63. The van der Waals surface area contributed by atoms with E-state index in [2.05, 4.69) is 6.92 Å². The summed E-state index contributed by atoms with van der Waals surface area (Å²) in [5.41, 5.74) is -2.76. The molecule has 0 saturated heterocycles. The van der Waals surface area contributed by atoms with Crippen LogP contribution < -0.4 is 15.3 Å². The van der Waals surface area contributed by atoms with E-state index >= 15 is 0 Å². The van der Waals surface area contributed by atoms with Gasteiger partial charge < -0.3 is 34.8 Å². The average Bonchev–Trinajstić information content (AvgIpc) is 2.50. The molecule has 0 unspecified atom stereocenters. The van der Waals surface area contributed by atoms with Crippen LogP contribution in [0.5, 0.6) is 0 Å². The van der Waals surface area contributed by atoms with Crippen LogP contribution in [0.3, 0.4) is 0 Å². The van der Waals surface area contributed by atoms with E-state index in [1.165, 1.54) is 6.42 Å². The normalized spacial score (nSPS) is 14.8. The minimum absolute atomic E-state index is 0.102. The summed E-state index contributed by atoms with van der Waals surface area (Å²) < 4.78 is 0. The number of carbonyl (C=O) groups excluding carboxylic acids is 3. The van der Waals surface area contributed by atoms with E-state index in [4.69, 9.17) is 0 Å². The fourth-order valence-electron chi connectivity index (χ4n) is 2.75. The molecule has 1 N–H and O–H groups in total. The van der Waals surface area contributed by atoms with Crippen molar-refractivity contribution in [1.82, 2.24) is 0 Å². The summed E-state index contributed by atoms with van der Waals surface area (Å²) in [6, 6.07) is 0.